The van der Waals surface area contributed by atoms with Crippen LogP contribution in [0.25, 0.3) is 10.1 Å². The SMILES string of the molecule is COc1ccc2sc(C)cc2c1I. The van der Waals surface area contributed by atoms with Crippen LogP contribution >= 0.6 is 33.9 Å². The van der Waals surface area contributed by atoms with Crippen LogP contribution in [-0.4, -0.2) is 7.11 Å². The largest absolute Gasteiger partial charge is 0.496 e. The van der Waals surface area contributed by atoms with Crippen molar-refractivity contribution in [3.63, 3.8) is 0 Å². The first-order valence-electron chi connectivity index (χ1n) is 3.95. The lowest BCUT2D eigenvalue weighted by Crippen LogP contribution is -1.85. The molecule has 0 bridgehead atoms. The fourth-order valence-electron chi connectivity index (χ4n) is 1.34. The smallest absolute Gasteiger partial charge is 0.132 e. The first-order valence-corrected chi connectivity index (χ1v) is 5.84. The van der Waals surface area contributed by atoms with Crippen LogP contribution in [0.3, 0.4) is 0 Å². The number of rotatable bonds is 1. The maximum Gasteiger partial charge on any atom is 0.132 e. The molecule has 0 spiro atoms. The molecule has 1 aromatic heterocycles. The van der Waals surface area contributed by atoms with Gasteiger partial charge in [-0.2, -0.15) is 0 Å². The summed E-state index contributed by atoms with van der Waals surface area (Å²) in [4.78, 5) is 1.35. The number of aryl methyl sites for hydroxylation is 1. The average molecular weight is 304 g/mol. The minimum absolute atomic E-state index is 0.964. The topological polar surface area (TPSA) is 9.23 Å². The number of hydrogen-bond acceptors (Lipinski definition) is 2. The Balaban J connectivity index is 2.78. The number of hydrogen-bond donors (Lipinski definition) is 0. The molecular weight excluding hydrogens is 295 g/mol. The Morgan fingerprint density at radius 3 is 2.85 bits per heavy atom. The molecule has 0 aliphatic carbocycles. The minimum atomic E-state index is 0.964. The Kier molecular flexibility index (Phi) is 2.47. The first kappa shape index (κ1) is 9.27. The number of methoxy groups -OCH3 is 1. The standard InChI is InChI=1S/C10H9IOS/c1-6-5-7-9(13-6)4-3-8(12-2)10(7)11/h3-5H,1-2H3. The van der Waals surface area contributed by atoms with Crippen LogP contribution in [0, 0.1) is 10.5 Å². The third kappa shape index (κ3) is 1.55. The maximum absolute atomic E-state index is 5.26. The zero-order chi connectivity index (χ0) is 9.42. The highest BCUT2D eigenvalue weighted by molar-refractivity contribution is 14.1. The summed E-state index contributed by atoms with van der Waals surface area (Å²) in [6.07, 6.45) is 0. The van der Waals surface area contributed by atoms with Crippen molar-refractivity contribution in [3.8, 4) is 5.75 Å². The van der Waals surface area contributed by atoms with Gasteiger partial charge < -0.3 is 4.74 Å². The van der Waals surface area contributed by atoms with Crippen molar-refractivity contribution >= 4 is 44.0 Å². The summed E-state index contributed by atoms with van der Waals surface area (Å²) in [6.45, 7) is 2.13. The van der Waals surface area contributed by atoms with Gasteiger partial charge in [-0.05, 0) is 47.7 Å². The van der Waals surface area contributed by atoms with Crippen LogP contribution in [-0.2, 0) is 0 Å². The lowest BCUT2D eigenvalue weighted by Gasteiger charge is -2.02. The van der Waals surface area contributed by atoms with Crippen LogP contribution in [0.15, 0.2) is 18.2 Å². The van der Waals surface area contributed by atoms with Gasteiger partial charge in [0.25, 0.3) is 0 Å². The molecule has 3 heteroatoms. The number of benzene rings is 1. The Labute approximate surface area is 94.9 Å². The van der Waals surface area contributed by atoms with Gasteiger partial charge in [-0.15, -0.1) is 11.3 Å². The van der Waals surface area contributed by atoms with Crippen molar-refractivity contribution in [1.29, 1.82) is 0 Å². The molecule has 68 valence electrons. The summed E-state index contributed by atoms with van der Waals surface area (Å²) >= 11 is 4.16. The molecule has 0 amide bonds. The average Bonchev–Trinajstić information content (AvgIpc) is 2.47. The zero-order valence-corrected chi connectivity index (χ0v) is 10.4. The Hall–Kier alpha value is -0.290. The van der Waals surface area contributed by atoms with Gasteiger partial charge in [0, 0.05) is 15.0 Å². The van der Waals surface area contributed by atoms with E-state index in [0.29, 0.717) is 0 Å². The normalized spacial score (nSPS) is 10.7. The molecule has 0 aliphatic heterocycles. The first-order chi connectivity index (χ1) is 6.22. The molecule has 1 heterocycles. The van der Waals surface area contributed by atoms with E-state index in [1.165, 1.54) is 18.5 Å². The lowest BCUT2D eigenvalue weighted by molar-refractivity contribution is 0.412. The predicted molar refractivity (Wildman–Crippen MR) is 65.8 cm³/mol. The van der Waals surface area contributed by atoms with E-state index in [9.17, 15) is 0 Å². The van der Waals surface area contributed by atoms with E-state index in [4.69, 9.17) is 4.74 Å². The molecule has 0 atom stereocenters. The fourth-order valence-corrected chi connectivity index (χ4v) is 3.30. The maximum atomic E-state index is 5.26. The predicted octanol–water partition coefficient (Wildman–Crippen LogP) is 3.82. The van der Waals surface area contributed by atoms with Crippen molar-refractivity contribution in [3.05, 3.63) is 26.6 Å². The summed E-state index contributed by atoms with van der Waals surface area (Å²) in [5.74, 6) is 0.964. The highest BCUT2D eigenvalue weighted by Gasteiger charge is 2.06. The highest BCUT2D eigenvalue weighted by atomic mass is 127. The van der Waals surface area contributed by atoms with Crippen molar-refractivity contribution in [2.24, 2.45) is 0 Å². The molecule has 0 aliphatic rings. The van der Waals surface area contributed by atoms with Crippen LogP contribution in [0.1, 0.15) is 4.88 Å². The fraction of sp³-hybridized carbons (Fsp3) is 0.200. The summed E-state index contributed by atoms with van der Waals surface area (Å²) < 4.78 is 7.81. The molecule has 0 radical (unpaired) electrons. The Bertz CT molecular complexity index is 447. The highest BCUT2D eigenvalue weighted by Crippen LogP contribution is 2.34. The monoisotopic (exact) mass is 304 g/mol. The third-order valence-electron chi connectivity index (χ3n) is 1.94. The van der Waals surface area contributed by atoms with Crippen molar-refractivity contribution in [1.82, 2.24) is 0 Å². The van der Waals surface area contributed by atoms with Gasteiger partial charge in [-0.3, -0.25) is 0 Å². The molecule has 0 fully saturated rings. The van der Waals surface area contributed by atoms with Gasteiger partial charge in [-0.25, -0.2) is 0 Å². The second kappa shape index (κ2) is 3.46. The third-order valence-corrected chi connectivity index (χ3v) is 4.07. The van der Waals surface area contributed by atoms with Gasteiger partial charge in [0.15, 0.2) is 0 Å². The van der Waals surface area contributed by atoms with Gasteiger partial charge in [0.05, 0.1) is 10.7 Å². The van der Waals surface area contributed by atoms with Crippen LogP contribution in [0.4, 0.5) is 0 Å². The Morgan fingerprint density at radius 2 is 2.15 bits per heavy atom. The molecule has 1 aromatic carbocycles. The van der Waals surface area contributed by atoms with E-state index in [0.717, 1.165) is 5.75 Å². The van der Waals surface area contributed by atoms with E-state index in [2.05, 4.69) is 41.6 Å². The molecule has 0 N–H and O–H groups in total. The van der Waals surface area contributed by atoms with Gasteiger partial charge in [0.1, 0.15) is 5.75 Å². The number of thiophene rings is 1. The molecule has 2 aromatic rings. The quantitative estimate of drug-likeness (QED) is 0.728. The summed E-state index contributed by atoms with van der Waals surface area (Å²) in [5, 5.41) is 1.31. The zero-order valence-electron chi connectivity index (χ0n) is 7.43. The summed E-state index contributed by atoms with van der Waals surface area (Å²) in [7, 11) is 1.71. The van der Waals surface area contributed by atoms with Crippen LogP contribution in [0.2, 0.25) is 0 Å². The van der Waals surface area contributed by atoms with Crippen molar-refractivity contribution in [2.75, 3.05) is 7.11 Å². The second-order valence-electron chi connectivity index (χ2n) is 2.85. The van der Waals surface area contributed by atoms with Crippen molar-refractivity contribution < 1.29 is 4.74 Å². The minimum Gasteiger partial charge on any atom is -0.496 e. The van der Waals surface area contributed by atoms with Gasteiger partial charge in [-0.1, -0.05) is 0 Å². The molecule has 0 saturated carbocycles. The van der Waals surface area contributed by atoms with E-state index in [1.54, 1.807) is 7.11 Å². The second-order valence-corrected chi connectivity index (χ2v) is 5.22. The van der Waals surface area contributed by atoms with E-state index >= 15 is 0 Å². The number of halogens is 1. The van der Waals surface area contributed by atoms with Crippen LogP contribution in [0.5, 0.6) is 5.75 Å². The van der Waals surface area contributed by atoms with E-state index < -0.39 is 0 Å². The molecule has 0 saturated heterocycles. The van der Waals surface area contributed by atoms with E-state index in [-0.39, 0.29) is 0 Å². The molecule has 1 nitrogen and oxygen atoms in total. The Morgan fingerprint density at radius 1 is 1.38 bits per heavy atom. The van der Waals surface area contributed by atoms with Gasteiger partial charge >= 0.3 is 0 Å². The van der Waals surface area contributed by atoms with Crippen LogP contribution < -0.4 is 4.74 Å². The van der Waals surface area contributed by atoms with E-state index in [1.807, 2.05) is 17.4 Å². The van der Waals surface area contributed by atoms with Crippen molar-refractivity contribution in [2.45, 2.75) is 6.92 Å². The number of ether oxygens (including phenoxy) is 1. The molecule has 13 heavy (non-hydrogen) atoms. The summed E-state index contributed by atoms with van der Waals surface area (Å²) in [6, 6.07) is 6.36. The molecule has 0 unspecified atom stereocenters. The molecular formula is C10H9IOS. The summed E-state index contributed by atoms with van der Waals surface area (Å²) in [5.41, 5.74) is 0. The lowest BCUT2D eigenvalue weighted by atomic mass is 10.2. The van der Waals surface area contributed by atoms with Gasteiger partial charge in [0.2, 0.25) is 0 Å². The number of fused-ring (bicyclic) bond motifs is 1. The molecule has 2 rings (SSSR count).